The SMILES string of the molecule is CN=C(NCc1cc(C(C)C)no1)NC1CCC(C(F)(F)F)CC1.I. The number of aromatic nitrogens is 1. The van der Waals surface area contributed by atoms with E-state index in [4.69, 9.17) is 4.52 Å². The van der Waals surface area contributed by atoms with Gasteiger partial charge in [0.1, 0.15) is 0 Å². The second kappa shape index (κ2) is 9.63. The van der Waals surface area contributed by atoms with Gasteiger partial charge in [0.25, 0.3) is 0 Å². The summed E-state index contributed by atoms with van der Waals surface area (Å²) in [6.45, 7) is 4.50. The minimum atomic E-state index is -4.08. The number of hydrogen-bond donors (Lipinski definition) is 2. The van der Waals surface area contributed by atoms with E-state index >= 15 is 0 Å². The van der Waals surface area contributed by atoms with Gasteiger partial charge in [-0.3, -0.25) is 4.99 Å². The maximum absolute atomic E-state index is 12.7. The maximum atomic E-state index is 12.7. The number of rotatable bonds is 4. The number of guanidine groups is 1. The third kappa shape index (κ3) is 6.67. The molecule has 1 heterocycles. The smallest absolute Gasteiger partial charge is 0.359 e. The molecule has 0 aliphatic heterocycles. The molecule has 0 atom stereocenters. The second-order valence-electron chi connectivity index (χ2n) is 6.53. The Labute approximate surface area is 163 Å². The summed E-state index contributed by atoms with van der Waals surface area (Å²) in [5, 5.41) is 10.3. The minimum Gasteiger partial charge on any atom is -0.359 e. The van der Waals surface area contributed by atoms with Gasteiger partial charge in [0.15, 0.2) is 11.7 Å². The Morgan fingerprint density at radius 2 is 1.96 bits per heavy atom. The Morgan fingerprint density at radius 1 is 1.32 bits per heavy atom. The third-order valence-electron chi connectivity index (χ3n) is 4.35. The fraction of sp³-hybridized carbons (Fsp3) is 0.750. The van der Waals surface area contributed by atoms with Crippen molar-refractivity contribution >= 4 is 29.9 Å². The van der Waals surface area contributed by atoms with Gasteiger partial charge in [0.05, 0.1) is 18.2 Å². The Bertz CT molecular complexity index is 552. The molecule has 0 unspecified atom stereocenters. The zero-order chi connectivity index (χ0) is 17.7. The van der Waals surface area contributed by atoms with Gasteiger partial charge in [0, 0.05) is 19.2 Å². The molecule has 5 nitrogen and oxygen atoms in total. The van der Waals surface area contributed by atoms with E-state index in [1.807, 2.05) is 19.9 Å². The lowest BCUT2D eigenvalue weighted by Gasteiger charge is -2.31. The predicted molar refractivity (Wildman–Crippen MR) is 101 cm³/mol. The molecule has 144 valence electrons. The fourth-order valence-corrected chi connectivity index (χ4v) is 2.81. The van der Waals surface area contributed by atoms with Crippen LogP contribution in [0.15, 0.2) is 15.6 Å². The van der Waals surface area contributed by atoms with Crippen LogP contribution in [0.3, 0.4) is 0 Å². The first-order valence-corrected chi connectivity index (χ1v) is 8.29. The van der Waals surface area contributed by atoms with Crippen molar-refractivity contribution in [3.63, 3.8) is 0 Å². The van der Waals surface area contributed by atoms with Gasteiger partial charge < -0.3 is 15.2 Å². The van der Waals surface area contributed by atoms with Crippen LogP contribution in [0.5, 0.6) is 0 Å². The van der Waals surface area contributed by atoms with Gasteiger partial charge in [0.2, 0.25) is 0 Å². The standard InChI is InChI=1S/C16H25F3N4O.HI/c1-10(2)14-8-13(24-23-14)9-21-15(20-3)22-12-6-4-11(5-7-12)16(17,18)19;/h8,10-12H,4-7,9H2,1-3H3,(H2,20,21,22);1H. The number of nitrogens with one attached hydrogen (secondary N) is 2. The van der Waals surface area contributed by atoms with Crippen LogP contribution in [0.2, 0.25) is 0 Å². The quantitative estimate of drug-likeness (QED) is 0.390. The van der Waals surface area contributed by atoms with Crippen molar-refractivity contribution in [1.82, 2.24) is 15.8 Å². The monoisotopic (exact) mass is 474 g/mol. The van der Waals surface area contributed by atoms with Crippen LogP contribution < -0.4 is 10.6 Å². The first kappa shape index (κ1) is 22.0. The molecule has 1 aromatic rings. The van der Waals surface area contributed by atoms with E-state index in [1.165, 1.54) is 0 Å². The lowest BCUT2D eigenvalue weighted by molar-refractivity contribution is -0.182. The molecular formula is C16H26F3IN4O. The van der Waals surface area contributed by atoms with Gasteiger partial charge in [-0.15, -0.1) is 24.0 Å². The van der Waals surface area contributed by atoms with Crippen LogP contribution in [0, 0.1) is 5.92 Å². The van der Waals surface area contributed by atoms with E-state index in [-0.39, 0.29) is 42.9 Å². The van der Waals surface area contributed by atoms with E-state index in [0.717, 1.165) is 5.69 Å². The van der Waals surface area contributed by atoms with Crippen molar-refractivity contribution in [2.45, 2.75) is 64.2 Å². The molecule has 25 heavy (non-hydrogen) atoms. The van der Waals surface area contributed by atoms with Crippen molar-refractivity contribution in [2.75, 3.05) is 7.05 Å². The Kier molecular flexibility index (Phi) is 8.49. The van der Waals surface area contributed by atoms with Crippen LogP contribution in [0.1, 0.15) is 56.9 Å². The molecule has 0 amide bonds. The summed E-state index contributed by atoms with van der Waals surface area (Å²) in [7, 11) is 1.64. The van der Waals surface area contributed by atoms with Crippen LogP contribution >= 0.6 is 24.0 Å². The average Bonchev–Trinajstić information content (AvgIpc) is 3.00. The molecule has 0 bridgehead atoms. The predicted octanol–water partition coefficient (Wildman–Crippen LogP) is 4.20. The summed E-state index contributed by atoms with van der Waals surface area (Å²) in [5.74, 6) is 0.383. The number of aliphatic imine (C=N–C) groups is 1. The summed E-state index contributed by atoms with van der Waals surface area (Å²) in [4.78, 5) is 4.12. The van der Waals surface area contributed by atoms with Crippen LogP contribution in [-0.4, -0.2) is 30.4 Å². The molecule has 1 aromatic heterocycles. The largest absolute Gasteiger partial charge is 0.391 e. The van der Waals surface area contributed by atoms with Crippen molar-refractivity contribution in [1.29, 1.82) is 0 Å². The molecule has 2 rings (SSSR count). The van der Waals surface area contributed by atoms with E-state index < -0.39 is 12.1 Å². The molecule has 1 fully saturated rings. The maximum Gasteiger partial charge on any atom is 0.391 e. The van der Waals surface area contributed by atoms with Crippen molar-refractivity contribution in [3.05, 3.63) is 17.5 Å². The number of hydrogen-bond acceptors (Lipinski definition) is 3. The number of halogens is 4. The summed E-state index contributed by atoms with van der Waals surface area (Å²) >= 11 is 0. The topological polar surface area (TPSA) is 62.5 Å². The summed E-state index contributed by atoms with van der Waals surface area (Å²) in [6, 6.07) is 1.90. The van der Waals surface area contributed by atoms with Gasteiger partial charge in [-0.1, -0.05) is 19.0 Å². The number of alkyl halides is 3. The third-order valence-corrected chi connectivity index (χ3v) is 4.35. The first-order chi connectivity index (χ1) is 11.3. The molecule has 0 spiro atoms. The van der Waals surface area contributed by atoms with Crippen LogP contribution in [0.25, 0.3) is 0 Å². The van der Waals surface area contributed by atoms with Gasteiger partial charge in [-0.05, 0) is 31.6 Å². The van der Waals surface area contributed by atoms with E-state index in [9.17, 15) is 13.2 Å². The first-order valence-electron chi connectivity index (χ1n) is 8.29. The molecular weight excluding hydrogens is 448 g/mol. The van der Waals surface area contributed by atoms with Crippen LogP contribution in [0.4, 0.5) is 13.2 Å². The Morgan fingerprint density at radius 3 is 2.44 bits per heavy atom. The highest BCUT2D eigenvalue weighted by Crippen LogP contribution is 2.37. The summed E-state index contributed by atoms with van der Waals surface area (Å²) in [5.41, 5.74) is 0.889. The normalized spacial score (nSPS) is 21.8. The molecule has 9 heteroatoms. The van der Waals surface area contributed by atoms with Crippen LogP contribution in [-0.2, 0) is 6.54 Å². The molecule has 0 radical (unpaired) electrons. The van der Waals surface area contributed by atoms with Crippen molar-refractivity contribution < 1.29 is 17.7 Å². The van der Waals surface area contributed by atoms with E-state index in [2.05, 4.69) is 20.8 Å². The highest BCUT2D eigenvalue weighted by Gasteiger charge is 2.41. The van der Waals surface area contributed by atoms with E-state index in [1.54, 1.807) is 7.05 Å². The minimum absolute atomic E-state index is 0. The highest BCUT2D eigenvalue weighted by atomic mass is 127. The lowest BCUT2D eigenvalue weighted by Crippen LogP contribution is -2.45. The lowest BCUT2D eigenvalue weighted by atomic mass is 9.85. The van der Waals surface area contributed by atoms with Gasteiger partial charge >= 0.3 is 6.18 Å². The van der Waals surface area contributed by atoms with Gasteiger partial charge in [-0.2, -0.15) is 13.2 Å². The zero-order valence-electron chi connectivity index (χ0n) is 14.7. The van der Waals surface area contributed by atoms with Crippen molar-refractivity contribution in [2.24, 2.45) is 10.9 Å². The highest BCUT2D eigenvalue weighted by molar-refractivity contribution is 14.0. The van der Waals surface area contributed by atoms with Crippen molar-refractivity contribution in [3.8, 4) is 0 Å². The Balaban J connectivity index is 0.00000312. The second-order valence-corrected chi connectivity index (χ2v) is 6.53. The molecule has 1 aliphatic carbocycles. The summed E-state index contributed by atoms with van der Waals surface area (Å²) in [6.07, 6.45) is -2.77. The van der Waals surface area contributed by atoms with E-state index in [0.29, 0.717) is 37.0 Å². The number of nitrogens with zero attached hydrogens (tertiary/aromatic N) is 2. The molecule has 1 saturated carbocycles. The molecule has 1 aliphatic rings. The molecule has 0 saturated heterocycles. The van der Waals surface area contributed by atoms with Gasteiger partial charge in [-0.25, -0.2) is 0 Å². The molecule has 2 N–H and O–H groups in total. The Hall–Kier alpha value is -1.00. The summed E-state index contributed by atoms with van der Waals surface area (Å²) < 4.78 is 43.3. The fourth-order valence-electron chi connectivity index (χ4n) is 2.81. The zero-order valence-corrected chi connectivity index (χ0v) is 17.0. The molecule has 0 aromatic carbocycles. The average molecular weight is 474 g/mol.